The largest absolute Gasteiger partial charge is 0.508 e. The molecule has 0 unspecified atom stereocenters. The second-order valence-electron chi connectivity index (χ2n) is 4.73. The van der Waals surface area contributed by atoms with Crippen LogP contribution in [-0.2, 0) is 0 Å². The minimum atomic E-state index is -0.127. The molecule has 20 heavy (non-hydrogen) atoms. The van der Waals surface area contributed by atoms with Crippen LogP contribution < -0.4 is 4.90 Å². The van der Waals surface area contributed by atoms with Gasteiger partial charge in [-0.1, -0.05) is 30.3 Å². The second kappa shape index (κ2) is 6.06. The molecule has 0 atom stereocenters. The van der Waals surface area contributed by atoms with Gasteiger partial charge in [0.15, 0.2) is 5.78 Å². The molecule has 0 amide bonds. The van der Waals surface area contributed by atoms with Gasteiger partial charge >= 0.3 is 0 Å². The fourth-order valence-corrected chi connectivity index (χ4v) is 1.81. The molecule has 2 rings (SSSR count). The summed E-state index contributed by atoms with van der Waals surface area (Å²) in [7, 11) is 3.96. The Kier molecular flexibility index (Phi) is 4.20. The number of hydrogen-bond acceptors (Lipinski definition) is 3. The van der Waals surface area contributed by atoms with Gasteiger partial charge in [-0.15, -0.1) is 0 Å². The van der Waals surface area contributed by atoms with Crippen molar-refractivity contribution in [3.8, 4) is 5.75 Å². The molecule has 0 heterocycles. The van der Waals surface area contributed by atoms with Crippen molar-refractivity contribution in [2.75, 3.05) is 19.0 Å². The molecular weight excluding hydrogens is 250 g/mol. The van der Waals surface area contributed by atoms with E-state index in [2.05, 4.69) is 0 Å². The molecule has 0 saturated carbocycles. The van der Waals surface area contributed by atoms with Crippen LogP contribution in [-0.4, -0.2) is 25.0 Å². The van der Waals surface area contributed by atoms with Crippen molar-refractivity contribution in [1.82, 2.24) is 0 Å². The number of aromatic hydroxyl groups is 1. The van der Waals surface area contributed by atoms with Crippen molar-refractivity contribution in [3.63, 3.8) is 0 Å². The zero-order chi connectivity index (χ0) is 14.5. The van der Waals surface area contributed by atoms with E-state index in [1.807, 2.05) is 43.3 Å². The van der Waals surface area contributed by atoms with Gasteiger partial charge in [0, 0.05) is 25.3 Å². The number of carbonyl (C=O) groups excluding carboxylic acids is 1. The van der Waals surface area contributed by atoms with Crippen LogP contribution in [0.15, 0.2) is 54.6 Å². The first-order chi connectivity index (χ1) is 9.56. The fourth-order valence-electron chi connectivity index (χ4n) is 1.81. The summed E-state index contributed by atoms with van der Waals surface area (Å²) in [5.74, 6) is -0.0304. The highest BCUT2D eigenvalue weighted by Gasteiger charge is 2.02. The number of anilines is 1. The van der Waals surface area contributed by atoms with E-state index in [0.717, 1.165) is 11.3 Å². The highest BCUT2D eigenvalue weighted by Crippen LogP contribution is 2.15. The summed E-state index contributed by atoms with van der Waals surface area (Å²) in [6.45, 7) is 0. The van der Waals surface area contributed by atoms with Crippen molar-refractivity contribution in [1.29, 1.82) is 0 Å². The third-order valence-electron chi connectivity index (χ3n) is 2.97. The minimum absolute atomic E-state index is 0.0968. The molecule has 0 saturated heterocycles. The van der Waals surface area contributed by atoms with Crippen LogP contribution in [0.4, 0.5) is 5.69 Å². The van der Waals surface area contributed by atoms with Crippen LogP contribution in [0.25, 0.3) is 6.08 Å². The van der Waals surface area contributed by atoms with E-state index in [-0.39, 0.29) is 11.5 Å². The molecular formula is C17H17NO2. The normalized spacial score (nSPS) is 10.7. The van der Waals surface area contributed by atoms with E-state index in [0.29, 0.717) is 5.56 Å². The third-order valence-corrected chi connectivity index (χ3v) is 2.97. The number of phenolic OH excluding ortho intramolecular Hbond substituents is 1. The molecule has 0 aliphatic carbocycles. The summed E-state index contributed by atoms with van der Waals surface area (Å²) in [5.41, 5.74) is 2.55. The average molecular weight is 267 g/mol. The second-order valence-corrected chi connectivity index (χ2v) is 4.73. The number of allylic oxidation sites excluding steroid dienone is 1. The zero-order valence-electron chi connectivity index (χ0n) is 11.6. The molecule has 0 aliphatic heterocycles. The molecule has 3 nitrogen and oxygen atoms in total. The Hall–Kier alpha value is -2.55. The minimum Gasteiger partial charge on any atom is -0.508 e. The van der Waals surface area contributed by atoms with Crippen molar-refractivity contribution in [3.05, 3.63) is 65.7 Å². The molecule has 0 radical (unpaired) electrons. The van der Waals surface area contributed by atoms with E-state index in [4.69, 9.17) is 0 Å². The van der Waals surface area contributed by atoms with Crippen molar-refractivity contribution in [2.45, 2.75) is 0 Å². The van der Waals surface area contributed by atoms with Gasteiger partial charge in [-0.2, -0.15) is 0 Å². The van der Waals surface area contributed by atoms with Gasteiger partial charge in [0.25, 0.3) is 0 Å². The standard InChI is InChI=1S/C17H17NO2/c1-18(2)15-9-6-13(7-10-15)8-11-17(20)14-4-3-5-16(19)12-14/h3-12,19H,1-2H3. The van der Waals surface area contributed by atoms with Crippen LogP contribution >= 0.6 is 0 Å². The van der Waals surface area contributed by atoms with Gasteiger partial charge in [-0.05, 0) is 35.9 Å². The van der Waals surface area contributed by atoms with Crippen LogP contribution in [0, 0.1) is 0 Å². The molecule has 1 N–H and O–H groups in total. The van der Waals surface area contributed by atoms with E-state index < -0.39 is 0 Å². The highest BCUT2D eigenvalue weighted by atomic mass is 16.3. The first kappa shape index (κ1) is 13.9. The number of benzene rings is 2. The molecule has 0 bridgehead atoms. The van der Waals surface area contributed by atoms with Gasteiger partial charge in [-0.25, -0.2) is 0 Å². The lowest BCUT2D eigenvalue weighted by molar-refractivity contribution is 0.104. The molecule has 0 aromatic heterocycles. The number of phenols is 1. The smallest absolute Gasteiger partial charge is 0.185 e. The van der Waals surface area contributed by atoms with E-state index in [1.165, 1.54) is 12.1 Å². The van der Waals surface area contributed by atoms with Crippen molar-refractivity contribution in [2.24, 2.45) is 0 Å². The summed E-state index contributed by atoms with van der Waals surface area (Å²) in [4.78, 5) is 14.0. The van der Waals surface area contributed by atoms with E-state index >= 15 is 0 Å². The number of hydrogen-bond donors (Lipinski definition) is 1. The van der Waals surface area contributed by atoms with Crippen molar-refractivity contribution >= 4 is 17.5 Å². The topological polar surface area (TPSA) is 40.5 Å². The van der Waals surface area contributed by atoms with Crippen LogP contribution in [0.2, 0.25) is 0 Å². The lowest BCUT2D eigenvalue weighted by atomic mass is 10.1. The molecule has 3 heteroatoms. The predicted molar refractivity (Wildman–Crippen MR) is 82.2 cm³/mol. The Balaban J connectivity index is 2.11. The first-order valence-electron chi connectivity index (χ1n) is 6.35. The molecule has 0 fully saturated rings. The third kappa shape index (κ3) is 3.48. The highest BCUT2D eigenvalue weighted by molar-refractivity contribution is 6.07. The van der Waals surface area contributed by atoms with Gasteiger partial charge in [-0.3, -0.25) is 4.79 Å². The van der Waals surface area contributed by atoms with Gasteiger partial charge < -0.3 is 10.0 Å². The van der Waals surface area contributed by atoms with E-state index in [1.54, 1.807) is 24.3 Å². The van der Waals surface area contributed by atoms with Gasteiger partial charge in [0.2, 0.25) is 0 Å². The Bertz CT molecular complexity index is 628. The Morgan fingerprint density at radius 3 is 2.40 bits per heavy atom. The molecule has 2 aromatic carbocycles. The Morgan fingerprint density at radius 1 is 1.10 bits per heavy atom. The fraction of sp³-hybridized carbons (Fsp3) is 0.118. The lowest BCUT2D eigenvalue weighted by Gasteiger charge is -2.11. The summed E-state index contributed by atoms with van der Waals surface area (Å²) in [6, 6.07) is 14.3. The average Bonchev–Trinajstić information content (AvgIpc) is 2.45. The Labute approximate surface area is 118 Å². The van der Waals surface area contributed by atoms with Gasteiger partial charge in [0.1, 0.15) is 5.75 Å². The lowest BCUT2D eigenvalue weighted by Crippen LogP contribution is -2.07. The number of nitrogens with zero attached hydrogens (tertiary/aromatic N) is 1. The summed E-state index contributed by atoms with van der Waals surface area (Å²) in [6.07, 6.45) is 3.28. The summed E-state index contributed by atoms with van der Waals surface area (Å²) >= 11 is 0. The van der Waals surface area contributed by atoms with Gasteiger partial charge in [0.05, 0.1) is 0 Å². The monoisotopic (exact) mass is 267 g/mol. The molecule has 0 spiro atoms. The SMILES string of the molecule is CN(C)c1ccc(C=CC(=O)c2cccc(O)c2)cc1. The summed E-state index contributed by atoms with van der Waals surface area (Å²) in [5, 5.41) is 9.35. The summed E-state index contributed by atoms with van der Waals surface area (Å²) < 4.78 is 0. The maximum absolute atomic E-state index is 11.9. The number of rotatable bonds is 4. The quantitative estimate of drug-likeness (QED) is 0.682. The Morgan fingerprint density at radius 2 is 1.80 bits per heavy atom. The maximum atomic E-state index is 11.9. The zero-order valence-corrected chi connectivity index (χ0v) is 11.6. The van der Waals surface area contributed by atoms with Crippen LogP contribution in [0.1, 0.15) is 15.9 Å². The molecule has 102 valence electrons. The number of carbonyl (C=O) groups is 1. The predicted octanol–water partition coefficient (Wildman–Crippen LogP) is 3.35. The van der Waals surface area contributed by atoms with Crippen LogP contribution in [0.5, 0.6) is 5.75 Å². The van der Waals surface area contributed by atoms with E-state index in [9.17, 15) is 9.90 Å². The molecule has 0 aliphatic rings. The first-order valence-corrected chi connectivity index (χ1v) is 6.35. The maximum Gasteiger partial charge on any atom is 0.185 e. The van der Waals surface area contributed by atoms with Crippen molar-refractivity contribution < 1.29 is 9.90 Å². The van der Waals surface area contributed by atoms with Crippen LogP contribution in [0.3, 0.4) is 0 Å². The molecule has 2 aromatic rings. The number of ketones is 1.